The Balaban J connectivity index is 0.898. The van der Waals surface area contributed by atoms with Crippen molar-refractivity contribution in [2.24, 2.45) is 35.0 Å². The van der Waals surface area contributed by atoms with Gasteiger partial charge < -0.3 is 40.3 Å². The van der Waals surface area contributed by atoms with Crippen molar-refractivity contribution in [1.82, 2.24) is 10.2 Å². The van der Waals surface area contributed by atoms with Crippen LogP contribution in [0.4, 0.5) is 13.6 Å². The number of phenolic OH excluding ortho intramolecular Hbond substituents is 1. The van der Waals surface area contributed by atoms with E-state index in [1.165, 1.54) is 4.90 Å². The second-order valence-corrected chi connectivity index (χ2v) is 18.0. The fourth-order valence-electron chi connectivity index (χ4n) is 10.8. The molecule has 1 aromatic rings. The number of carbonyl (C=O) groups is 3. The van der Waals surface area contributed by atoms with Crippen LogP contribution in [0.1, 0.15) is 104 Å². The van der Waals surface area contributed by atoms with Gasteiger partial charge in [-0.1, -0.05) is 90.2 Å². The molecule has 14 heteroatoms. The molecule has 12 nitrogen and oxygen atoms in total. The number of ether oxygens (including phenoxy) is 2. The predicted octanol–water partition coefficient (Wildman–Crippen LogP) is 5.69. The van der Waals surface area contributed by atoms with Crippen molar-refractivity contribution < 1.29 is 58.2 Å². The summed E-state index contributed by atoms with van der Waals surface area (Å²) in [5.74, 6) is -4.53. The maximum atomic E-state index is 14.1. The summed E-state index contributed by atoms with van der Waals surface area (Å²) in [5.41, 5.74) is -2.76. The molecule has 6 N–H and O–H groups in total. The first-order chi connectivity index (χ1) is 28.5. The van der Waals surface area contributed by atoms with Gasteiger partial charge in [-0.2, -0.15) is 4.39 Å². The quantitative estimate of drug-likeness (QED) is 0.0647. The molecule has 2 fully saturated rings. The molecular formula is C46H60F2N2O10. The molecule has 0 saturated heterocycles. The van der Waals surface area contributed by atoms with Crippen LogP contribution in [0, 0.1) is 59.0 Å². The van der Waals surface area contributed by atoms with Crippen molar-refractivity contribution in [2.45, 2.75) is 122 Å². The summed E-state index contributed by atoms with van der Waals surface area (Å²) in [4.78, 5) is 41.2. The molecule has 2 amide bonds. The average molecular weight is 839 g/mol. The van der Waals surface area contributed by atoms with E-state index in [0.29, 0.717) is 30.7 Å². The molecule has 3 unspecified atom stereocenters. The Bertz CT molecular complexity index is 1970. The smallest absolute Gasteiger partial charge is 0.411 e. The number of terminal acetylenes is 1. The first-order valence-electron chi connectivity index (χ1n) is 21.4. The predicted molar refractivity (Wildman–Crippen MR) is 218 cm³/mol. The largest absolute Gasteiger partial charge is 0.503 e. The highest BCUT2D eigenvalue weighted by atomic mass is 19.1. The number of nitrogens with zero attached hydrogens (tertiary/aromatic N) is 1. The lowest BCUT2D eigenvalue weighted by Gasteiger charge is -2.46. The Morgan fingerprint density at radius 1 is 1.05 bits per heavy atom. The third-order valence-corrected chi connectivity index (χ3v) is 14.0. The summed E-state index contributed by atoms with van der Waals surface area (Å²) in [6, 6.07) is 0.830. The average Bonchev–Trinajstić information content (AvgIpc) is 3.67. The standard InChI is InChI=1S/C46H60F2N2O10/c1-6-18-50(19-16-14-12-10-8-7-9-11-13-15-17-49-41(55)31-22-29-23-33(47)36(52)35(48)37(29)59-42(31)56)43(57)60-46-38(44(46,4)5)30-21-28(25-51)24-45(58)32(20-26(2)39(45)53)34(30)27(3)40(46)54/h1,20-23,27,30,32,34,38,40,42,51-52,54,56,58H,7-19,24-25H2,2-5H3,(H,49,55)/t27-,30?,32-,34?,38+,40+,42?,45+,46+/m0/s1. The second kappa shape index (κ2) is 18.0. The van der Waals surface area contributed by atoms with Gasteiger partial charge in [-0.3, -0.25) is 14.5 Å². The first kappa shape index (κ1) is 45.2. The van der Waals surface area contributed by atoms with E-state index in [9.17, 15) is 48.7 Å². The number of carbonyl (C=O) groups excluding carboxylic acids is 3. The van der Waals surface area contributed by atoms with Gasteiger partial charge in [0.2, 0.25) is 12.1 Å². The molecule has 0 radical (unpaired) electrons. The van der Waals surface area contributed by atoms with E-state index < -0.39 is 76.0 Å². The van der Waals surface area contributed by atoms with Gasteiger partial charge in [0.15, 0.2) is 23.1 Å². The molecule has 5 aliphatic rings. The van der Waals surface area contributed by atoms with Crippen molar-refractivity contribution in [2.75, 3.05) is 26.2 Å². The minimum Gasteiger partial charge on any atom is -0.503 e. The maximum absolute atomic E-state index is 14.1. The van der Waals surface area contributed by atoms with Gasteiger partial charge in [-0.25, -0.2) is 9.18 Å². The molecule has 9 atom stereocenters. The molecular weight excluding hydrogens is 779 g/mol. The van der Waals surface area contributed by atoms with Crippen molar-refractivity contribution in [3.8, 4) is 23.8 Å². The number of aliphatic hydroxyl groups excluding tert-OH is 3. The molecule has 0 bridgehead atoms. The SMILES string of the molecule is C#CCN(CCCCCCCCCCCCNC(=O)C1=Cc2cc(F)c(O)c(F)c2OC1O)C(=O)O[C@@]12[C@H](O)[C@@H](C)C3C(C=C(CO)C[C@]4(O)C(=O)C(C)=C[C@@H]34)[C@@H]1C2(C)C. The van der Waals surface area contributed by atoms with E-state index in [2.05, 4.69) is 11.2 Å². The van der Waals surface area contributed by atoms with Gasteiger partial charge >= 0.3 is 6.09 Å². The van der Waals surface area contributed by atoms with Crippen molar-refractivity contribution in [3.63, 3.8) is 0 Å². The lowest BCUT2D eigenvalue weighted by atomic mass is 9.62. The Kier molecular flexibility index (Phi) is 13.6. The minimum atomic E-state index is -1.76. The topological polar surface area (TPSA) is 186 Å². The van der Waals surface area contributed by atoms with Crippen molar-refractivity contribution in [3.05, 3.63) is 52.1 Å². The lowest BCUT2D eigenvalue weighted by molar-refractivity contribution is -0.146. The van der Waals surface area contributed by atoms with E-state index in [1.54, 1.807) is 6.92 Å². The zero-order valence-electron chi connectivity index (χ0n) is 35.0. The number of fused-ring (bicyclic) bond motifs is 6. The van der Waals surface area contributed by atoms with Crippen LogP contribution >= 0.6 is 0 Å². The van der Waals surface area contributed by atoms with E-state index >= 15 is 0 Å². The highest BCUT2D eigenvalue weighted by molar-refractivity contribution is 6.04. The van der Waals surface area contributed by atoms with Crippen LogP contribution in [0.5, 0.6) is 11.5 Å². The second-order valence-electron chi connectivity index (χ2n) is 18.0. The molecule has 1 aliphatic heterocycles. The molecule has 2 saturated carbocycles. The Labute approximate surface area is 350 Å². The highest BCUT2D eigenvalue weighted by Crippen LogP contribution is 2.75. The van der Waals surface area contributed by atoms with Crippen LogP contribution in [-0.4, -0.2) is 98.1 Å². The van der Waals surface area contributed by atoms with Crippen LogP contribution in [0.3, 0.4) is 0 Å². The lowest BCUT2D eigenvalue weighted by Crippen LogP contribution is -2.55. The summed E-state index contributed by atoms with van der Waals surface area (Å²) in [6.07, 6.45) is 16.6. The summed E-state index contributed by atoms with van der Waals surface area (Å²) in [5, 5.41) is 56.3. The third-order valence-electron chi connectivity index (χ3n) is 14.0. The van der Waals surface area contributed by atoms with Gasteiger partial charge in [-0.15, -0.1) is 6.42 Å². The minimum absolute atomic E-state index is 0.0174. The molecule has 0 spiro atoms. The summed E-state index contributed by atoms with van der Waals surface area (Å²) < 4.78 is 39.2. The van der Waals surface area contributed by atoms with Gasteiger partial charge in [0.1, 0.15) is 11.2 Å². The normalized spacial score (nSPS) is 30.8. The number of aromatic hydroxyl groups is 1. The van der Waals surface area contributed by atoms with E-state index in [4.69, 9.17) is 15.9 Å². The zero-order chi connectivity index (χ0) is 43.7. The number of nitrogens with one attached hydrogen (secondary N) is 1. The van der Waals surface area contributed by atoms with Gasteiger partial charge in [0, 0.05) is 42.3 Å². The van der Waals surface area contributed by atoms with Gasteiger partial charge in [0.05, 0.1) is 24.8 Å². The third kappa shape index (κ3) is 8.10. The van der Waals surface area contributed by atoms with Gasteiger partial charge in [0.25, 0.3) is 5.91 Å². The van der Waals surface area contributed by atoms with Crippen LogP contribution in [-0.2, 0) is 14.3 Å². The number of ketones is 1. The Hall–Kier alpha value is -4.29. The molecule has 328 valence electrons. The molecule has 1 aromatic carbocycles. The number of aliphatic hydroxyl groups is 4. The van der Waals surface area contributed by atoms with E-state index in [0.717, 1.165) is 69.9 Å². The maximum Gasteiger partial charge on any atom is 0.411 e. The van der Waals surface area contributed by atoms with Gasteiger partial charge in [-0.05, 0) is 60.8 Å². The molecule has 4 aliphatic carbocycles. The first-order valence-corrected chi connectivity index (χ1v) is 21.4. The number of allylic oxidation sites excluding steroid dienone is 1. The van der Waals surface area contributed by atoms with Crippen LogP contribution < -0.4 is 10.1 Å². The molecule has 60 heavy (non-hydrogen) atoms. The number of hydrogen-bond donors (Lipinski definition) is 6. The number of rotatable bonds is 17. The number of hydrogen-bond acceptors (Lipinski definition) is 10. The summed E-state index contributed by atoms with van der Waals surface area (Å²) in [7, 11) is 0. The Morgan fingerprint density at radius 3 is 2.32 bits per heavy atom. The van der Waals surface area contributed by atoms with Crippen molar-refractivity contribution >= 4 is 23.9 Å². The monoisotopic (exact) mass is 838 g/mol. The highest BCUT2D eigenvalue weighted by Gasteiger charge is 2.84. The number of unbranched alkanes of at least 4 members (excludes halogenated alkanes) is 9. The number of phenols is 1. The van der Waals surface area contributed by atoms with Crippen LogP contribution in [0.25, 0.3) is 6.08 Å². The molecule has 6 rings (SSSR count). The van der Waals surface area contributed by atoms with Crippen LogP contribution in [0.2, 0.25) is 0 Å². The fraction of sp³-hybridized carbons (Fsp3) is 0.630. The van der Waals surface area contributed by atoms with E-state index in [1.807, 2.05) is 32.9 Å². The van der Waals surface area contributed by atoms with E-state index in [-0.39, 0.29) is 54.2 Å². The zero-order valence-corrected chi connectivity index (χ0v) is 35.0. The summed E-state index contributed by atoms with van der Waals surface area (Å²) >= 11 is 0. The Morgan fingerprint density at radius 2 is 1.68 bits per heavy atom. The van der Waals surface area contributed by atoms with Crippen LogP contribution in [0.15, 0.2) is 34.9 Å². The molecule has 1 heterocycles. The number of halogens is 2. The van der Waals surface area contributed by atoms with Crippen molar-refractivity contribution in [1.29, 1.82) is 0 Å². The fourth-order valence-corrected chi connectivity index (χ4v) is 10.8. The number of benzene rings is 1. The number of amides is 2. The number of Topliss-reactive ketones (excluding diaryl/α,β-unsaturated/α-hetero) is 1. The molecule has 0 aromatic heterocycles. The summed E-state index contributed by atoms with van der Waals surface area (Å²) in [6.45, 7) is 8.05.